The van der Waals surface area contributed by atoms with Crippen molar-refractivity contribution in [2.75, 3.05) is 12.5 Å². The molecule has 1 heterocycles. The number of rotatable bonds is 1. The molecule has 1 atom stereocenters. The van der Waals surface area contributed by atoms with Crippen LogP contribution in [0.2, 0.25) is 0 Å². The summed E-state index contributed by atoms with van der Waals surface area (Å²) in [6.45, 7) is 1.51. The van der Waals surface area contributed by atoms with Crippen LogP contribution in [0.1, 0.15) is 22.8 Å². The molecule has 94 valence electrons. The van der Waals surface area contributed by atoms with E-state index in [1.165, 1.54) is 6.92 Å². The van der Waals surface area contributed by atoms with Crippen molar-refractivity contribution in [3.05, 3.63) is 17.2 Å². The molecule has 1 aromatic carbocycles. The predicted octanol–water partition coefficient (Wildman–Crippen LogP) is 0.241. The molecule has 18 heavy (non-hydrogen) atoms. The summed E-state index contributed by atoms with van der Waals surface area (Å²) >= 11 is 0. The summed E-state index contributed by atoms with van der Waals surface area (Å²) in [5.41, 5.74) is 7.40. The summed E-state index contributed by atoms with van der Waals surface area (Å²) in [6.07, 6.45) is 0.393. The molecular weight excluding hydrogens is 236 g/mol. The fraction of sp³-hybridized carbons (Fsp3) is 0.333. The molecule has 0 fully saturated rings. The van der Waals surface area contributed by atoms with E-state index in [1.54, 1.807) is 6.07 Å². The van der Waals surface area contributed by atoms with Crippen molar-refractivity contribution in [2.45, 2.75) is 19.4 Å². The number of nitrogens with two attached hydrogens (primary N) is 1. The second-order valence-electron chi connectivity index (χ2n) is 4.37. The van der Waals surface area contributed by atoms with E-state index >= 15 is 0 Å². The van der Waals surface area contributed by atoms with Gasteiger partial charge >= 0.3 is 0 Å². The number of hydrogen-bond acceptors (Lipinski definition) is 5. The lowest BCUT2D eigenvalue weighted by Gasteiger charge is -2.07. The van der Waals surface area contributed by atoms with Crippen LogP contribution in [0, 0.1) is 0 Å². The van der Waals surface area contributed by atoms with E-state index in [0.717, 1.165) is 5.56 Å². The highest BCUT2D eigenvalue weighted by molar-refractivity contribution is 6.10. The third-order valence-corrected chi connectivity index (χ3v) is 3.14. The molecule has 0 bridgehead atoms. The number of amides is 1. The maximum absolute atomic E-state index is 12.2. The number of Topliss-reactive ketones (excluding diaryl/α,β-unsaturated/α-hetero) is 1. The van der Waals surface area contributed by atoms with Crippen LogP contribution in [0.15, 0.2) is 6.07 Å². The van der Waals surface area contributed by atoms with E-state index in [1.807, 2.05) is 0 Å². The molecule has 2 aliphatic rings. The fourth-order valence-electron chi connectivity index (χ4n) is 2.45. The second-order valence-corrected chi connectivity index (χ2v) is 4.37. The molecule has 6 heteroatoms. The molecular formula is C12H12N2O4. The van der Waals surface area contributed by atoms with Crippen LogP contribution in [-0.2, 0) is 11.2 Å². The van der Waals surface area contributed by atoms with E-state index in [2.05, 4.69) is 5.32 Å². The summed E-state index contributed by atoms with van der Waals surface area (Å²) in [5.74, 6) is 0.715. The summed E-state index contributed by atoms with van der Waals surface area (Å²) in [5, 5.41) is 2.62. The fourth-order valence-corrected chi connectivity index (χ4v) is 2.45. The molecule has 0 aromatic heterocycles. The van der Waals surface area contributed by atoms with Gasteiger partial charge in [0.05, 0.1) is 6.04 Å². The highest BCUT2D eigenvalue weighted by atomic mass is 16.7. The van der Waals surface area contributed by atoms with Crippen LogP contribution >= 0.6 is 0 Å². The van der Waals surface area contributed by atoms with Crippen molar-refractivity contribution in [3.63, 3.8) is 0 Å². The minimum Gasteiger partial charge on any atom is -0.454 e. The quantitative estimate of drug-likeness (QED) is 0.695. The molecule has 1 aliphatic carbocycles. The van der Waals surface area contributed by atoms with Gasteiger partial charge in [-0.1, -0.05) is 0 Å². The summed E-state index contributed by atoms with van der Waals surface area (Å²) < 4.78 is 10.6. The number of ether oxygens (including phenoxy) is 2. The van der Waals surface area contributed by atoms with Crippen molar-refractivity contribution >= 4 is 17.4 Å². The molecule has 0 spiro atoms. The Kier molecular flexibility index (Phi) is 2.19. The summed E-state index contributed by atoms with van der Waals surface area (Å²) in [6, 6.07) is 1.03. The number of benzene rings is 1. The molecule has 1 aromatic rings. The van der Waals surface area contributed by atoms with Gasteiger partial charge in [-0.3, -0.25) is 9.59 Å². The number of carbonyl (C=O) groups excluding carboxylic acids is 2. The van der Waals surface area contributed by atoms with Gasteiger partial charge in [0.2, 0.25) is 12.7 Å². The second kappa shape index (κ2) is 3.63. The Morgan fingerprint density at radius 3 is 3.00 bits per heavy atom. The zero-order chi connectivity index (χ0) is 12.9. The van der Waals surface area contributed by atoms with E-state index < -0.39 is 6.04 Å². The minimum atomic E-state index is -0.560. The lowest BCUT2D eigenvalue weighted by atomic mass is 10.1. The molecule has 6 nitrogen and oxygen atoms in total. The summed E-state index contributed by atoms with van der Waals surface area (Å²) in [4.78, 5) is 23.2. The van der Waals surface area contributed by atoms with Gasteiger partial charge in [0, 0.05) is 36.2 Å². The van der Waals surface area contributed by atoms with E-state index in [4.69, 9.17) is 15.2 Å². The number of hydrogen-bond donors (Lipinski definition) is 2. The Morgan fingerprint density at radius 2 is 2.28 bits per heavy atom. The first-order valence-corrected chi connectivity index (χ1v) is 5.60. The van der Waals surface area contributed by atoms with E-state index in [-0.39, 0.29) is 18.5 Å². The van der Waals surface area contributed by atoms with Crippen LogP contribution in [0.25, 0.3) is 0 Å². The van der Waals surface area contributed by atoms with Crippen LogP contribution < -0.4 is 20.5 Å². The summed E-state index contributed by atoms with van der Waals surface area (Å²) in [7, 11) is 0. The SMILES string of the molecule is CC(=O)N[C@H]1Cc2c3c(cc(N)c2C1=O)OCO3. The van der Waals surface area contributed by atoms with E-state index in [9.17, 15) is 9.59 Å². The maximum Gasteiger partial charge on any atom is 0.231 e. The Labute approximate surface area is 103 Å². The Hall–Kier alpha value is -2.24. The van der Waals surface area contributed by atoms with Crippen molar-refractivity contribution in [3.8, 4) is 11.5 Å². The molecule has 1 aliphatic heterocycles. The average molecular weight is 248 g/mol. The number of nitrogen functional groups attached to an aromatic ring is 1. The molecule has 0 saturated carbocycles. The van der Waals surface area contributed by atoms with Crippen molar-refractivity contribution < 1.29 is 19.1 Å². The molecule has 0 radical (unpaired) electrons. The van der Waals surface area contributed by atoms with E-state index in [0.29, 0.717) is 29.2 Å². The van der Waals surface area contributed by atoms with Gasteiger partial charge in [0.25, 0.3) is 0 Å². The van der Waals surface area contributed by atoms with Crippen LogP contribution in [0.5, 0.6) is 11.5 Å². The average Bonchev–Trinajstić information content (AvgIpc) is 2.84. The molecule has 3 N–H and O–H groups in total. The van der Waals surface area contributed by atoms with Crippen molar-refractivity contribution in [2.24, 2.45) is 0 Å². The van der Waals surface area contributed by atoms with Crippen LogP contribution in [0.3, 0.4) is 0 Å². The third-order valence-electron chi connectivity index (χ3n) is 3.14. The van der Waals surface area contributed by atoms with Gasteiger partial charge in [-0.25, -0.2) is 0 Å². The largest absolute Gasteiger partial charge is 0.454 e. The number of fused-ring (bicyclic) bond motifs is 3. The smallest absolute Gasteiger partial charge is 0.231 e. The van der Waals surface area contributed by atoms with Crippen LogP contribution in [0.4, 0.5) is 5.69 Å². The van der Waals surface area contributed by atoms with Crippen molar-refractivity contribution in [1.82, 2.24) is 5.32 Å². The van der Waals surface area contributed by atoms with Gasteiger partial charge < -0.3 is 20.5 Å². The molecule has 0 saturated heterocycles. The maximum atomic E-state index is 12.2. The van der Waals surface area contributed by atoms with Gasteiger partial charge in [-0.15, -0.1) is 0 Å². The van der Waals surface area contributed by atoms with Gasteiger partial charge in [0.1, 0.15) is 0 Å². The number of carbonyl (C=O) groups is 2. The standard InChI is InChI=1S/C12H12N2O4/c1-5(15)14-8-2-6-10(11(8)16)7(13)3-9-12(6)18-4-17-9/h3,8H,2,4,13H2,1H3,(H,14,15)/t8-/m0/s1. The monoisotopic (exact) mass is 248 g/mol. The zero-order valence-electron chi connectivity index (χ0n) is 9.78. The van der Waals surface area contributed by atoms with Crippen molar-refractivity contribution in [1.29, 1.82) is 0 Å². The Morgan fingerprint density at radius 1 is 1.50 bits per heavy atom. The number of nitrogens with one attached hydrogen (secondary N) is 1. The first kappa shape index (κ1) is 10.9. The molecule has 1 amide bonds. The topological polar surface area (TPSA) is 90.7 Å². The first-order chi connectivity index (χ1) is 8.58. The number of ketones is 1. The van der Waals surface area contributed by atoms with Gasteiger partial charge in [-0.2, -0.15) is 0 Å². The van der Waals surface area contributed by atoms with Gasteiger partial charge in [-0.05, 0) is 0 Å². The Bertz CT molecular complexity index is 568. The molecule has 3 rings (SSSR count). The van der Waals surface area contributed by atoms with Crippen LogP contribution in [-0.4, -0.2) is 24.5 Å². The minimum absolute atomic E-state index is 0.129. The third kappa shape index (κ3) is 1.42. The normalized spacial score (nSPS) is 19.8. The predicted molar refractivity (Wildman–Crippen MR) is 62.6 cm³/mol. The first-order valence-electron chi connectivity index (χ1n) is 5.60. The lowest BCUT2D eigenvalue weighted by Crippen LogP contribution is -2.37. The van der Waals surface area contributed by atoms with Gasteiger partial charge in [0.15, 0.2) is 17.3 Å². The highest BCUT2D eigenvalue weighted by Crippen LogP contribution is 2.44. The highest BCUT2D eigenvalue weighted by Gasteiger charge is 2.38. The Balaban J connectivity index is 2.07. The number of anilines is 1. The zero-order valence-corrected chi connectivity index (χ0v) is 9.78. The molecule has 0 unspecified atom stereocenters. The lowest BCUT2D eigenvalue weighted by molar-refractivity contribution is -0.119.